The molecule has 0 aliphatic rings. The van der Waals surface area contributed by atoms with E-state index in [2.05, 4.69) is 0 Å². The molecule has 4 nitrogen and oxygen atoms in total. The summed E-state index contributed by atoms with van der Waals surface area (Å²) in [5, 5.41) is 10.0. The monoisotopic (exact) mass is 224 g/mol. The average Bonchev–Trinajstić information content (AvgIpc) is 2.25. The Bertz CT molecular complexity index is 365. The minimum absolute atomic E-state index is 0.439. The van der Waals surface area contributed by atoms with Crippen molar-refractivity contribution in [3.63, 3.8) is 0 Å². The summed E-state index contributed by atoms with van der Waals surface area (Å²) in [4.78, 5) is 10.7. The van der Waals surface area contributed by atoms with Crippen molar-refractivity contribution in [2.24, 2.45) is 0 Å². The van der Waals surface area contributed by atoms with E-state index in [0.717, 1.165) is 0 Å². The summed E-state index contributed by atoms with van der Waals surface area (Å²) in [6, 6.07) is 3.14. The van der Waals surface area contributed by atoms with Crippen molar-refractivity contribution < 1.29 is 19.4 Å². The molecule has 88 valence electrons. The molecule has 0 aliphatic heterocycles. The third-order valence-electron chi connectivity index (χ3n) is 2.28. The van der Waals surface area contributed by atoms with Gasteiger partial charge in [0.15, 0.2) is 0 Å². The summed E-state index contributed by atoms with van der Waals surface area (Å²) < 4.78 is 10.3. The lowest BCUT2D eigenvalue weighted by molar-refractivity contribution is 0.0725. The molecule has 0 saturated heterocycles. The van der Waals surface area contributed by atoms with E-state index in [1.807, 2.05) is 0 Å². The van der Waals surface area contributed by atoms with Gasteiger partial charge in [-0.3, -0.25) is 4.79 Å². The van der Waals surface area contributed by atoms with Gasteiger partial charge in [0.05, 0.1) is 25.4 Å². The number of benzene rings is 1. The fraction of sp³-hybridized carbons (Fsp3) is 0.417. The van der Waals surface area contributed by atoms with E-state index < -0.39 is 5.60 Å². The molecular formula is C12H16O4. The Balaban J connectivity index is 3.49. The highest BCUT2D eigenvalue weighted by atomic mass is 16.5. The van der Waals surface area contributed by atoms with Crippen LogP contribution in [0, 0.1) is 0 Å². The second-order valence-electron chi connectivity index (χ2n) is 3.98. The zero-order valence-electron chi connectivity index (χ0n) is 9.90. The minimum atomic E-state index is -1.10. The van der Waals surface area contributed by atoms with Gasteiger partial charge in [-0.05, 0) is 26.0 Å². The van der Waals surface area contributed by atoms with E-state index in [0.29, 0.717) is 28.9 Å². The first kappa shape index (κ1) is 12.5. The first-order valence-corrected chi connectivity index (χ1v) is 4.88. The number of methoxy groups -OCH3 is 2. The lowest BCUT2D eigenvalue weighted by Crippen LogP contribution is -2.18. The molecule has 0 spiro atoms. The number of carbonyl (C=O) groups is 1. The maximum Gasteiger partial charge on any atom is 0.150 e. The smallest absolute Gasteiger partial charge is 0.150 e. The van der Waals surface area contributed by atoms with Gasteiger partial charge in [0, 0.05) is 5.56 Å². The van der Waals surface area contributed by atoms with Crippen molar-refractivity contribution >= 4 is 6.29 Å². The molecule has 0 fully saturated rings. The van der Waals surface area contributed by atoms with E-state index >= 15 is 0 Å². The summed E-state index contributed by atoms with van der Waals surface area (Å²) >= 11 is 0. The Labute approximate surface area is 94.8 Å². The van der Waals surface area contributed by atoms with Crippen LogP contribution in [0.5, 0.6) is 11.5 Å². The van der Waals surface area contributed by atoms with Crippen LogP contribution in [0.15, 0.2) is 12.1 Å². The second-order valence-corrected chi connectivity index (χ2v) is 3.98. The van der Waals surface area contributed by atoms with Gasteiger partial charge >= 0.3 is 0 Å². The molecule has 1 rings (SSSR count). The topological polar surface area (TPSA) is 55.8 Å². The molecule has 1 aromatic rings. The molecule has 0 aromatic heterocycles. The standard InChI is InChI=1S/C12H16O4/c1-12(2,14)11-9(15-3)5-8(7-13)6-10(11)16-4/h5-7,14H,1-4H3. The Hall–Kier alpha value is -1.55. The molecule has 0 aliphatic carbocycles. The van der Waals surface area contributed by atoms with Crippen LogP contribution in [0.1, 0.15) is 29.8 Å². The van der Waals surface area contributed by atoms with Crippen LogP contribution in [0.2, 0.25) is 0 Å². The molecule has 0 amide bonds. The summed E-state index contributed by atoms with van der Waals surface area (Å²) in [5.41, 5.74) is -0.122. The number of aldehydes is 1. The SMILES string of the molecule is COc1cc(C=O)cc(OC)c1C(C)(C)O. The van der Waals surface area contributed by atoms with Gasteiger partial charge in [0.25, 0.3) is 0 Å². The summed E-state index contributed by atoms with van der Waals surface area (Å²) in [7, 11) is 2.97. The van der Waals surface area contributed by atoms with E-state index in [-0.39, 0.29) is 0 Å². The van der Waals surface area contributed by atoms with E-state index in [1.165, 1.54) is 14.2 Å². The molecular weight excluding hydrogens is 208 g/mol. The normalized spacial score (nSPS) is 11.1. The molecule has 0 bridgehead atoms. The molecule has 0 radical (unpaired) electrons. The van der Waals surface area contributed by atoms with E-state index in [4.69, 9.17) is 9.47 Å². The Morgan fingerprint density at radius 2 is 1.62 bits per heavy atom. The highest BCUT2D eigenvalue weighted by Gasteiger charge is 2.26. The first-order valence-electron chi connectivity index (χ1n) is 4.88. The number of aliphatic hydroxyl groups is 1. The highest BCUT2D eigenvalue weighted by molar-refractivity contribution is 5.77. The van der Waals surface area contributed by atoms with Crippen LogP contribution >= 0.6 is 0 Å². The number of hydrogen-bond donors (Lipinski definition) is 1. The second kappa shape index (κ2) is 4.53. The lowest BCUT2D eigenvalue weighted by atomic mass is 9.95. The lowest BCUT2D eigenvalue weighted by Gasteiger charge is -2.23. The predicted molar refractivity (Wildman–Crippen MR) is 60.2 cm³/mol. The summed E-state index contributed by atoms with van der Waals surface area (Å²) in [6.07, 6.45) is 0.708. The van der Waals surface area contributed by atoms with Crippen LogP contribution in [-0.2, 0) is 5.60 Å². The van der Waals surface area contributed by atoms with Crippen molar-refractivity contribution in [2.75, 3.05) is 14.2 Å². The molecule has 0 heterocycles. The zero-order valence-corrected chi connectivity index (χ0v) is 9.90. The molecule has 16 heavy (non-hydrogen) atoms. The predicted octanol–water partition coefficient (Wildman–Crippen LogP) is 1.74. The van der Waals surface area contributed by atoms with Gasteiger partial charge in [-0.15, -0.1) is 0 Å². The van der Waals surface area contributed by atoms with Crippen LogP contribution < -0.4 is 9.47 Å². The molecule has 4 heteroatoms. The third kappa shape index (κ3) is 2.33. The minimum Gasteiger partial charge on any atom is -0.496 e. The van der Waals surface area contributed by atoms with Crippen LogP contribution in [-0.4, -0.2) is 25.6 Å². The maximum atomic E-state index is 10.7. The Kier molecular flexibility index (Phi) is 3.55. The van der Waals surface area contributed by atoms with Crippen LogP contribution in [0.25, 0.3) is 0 Å². The highest BCUT2D eigenvalue weighted by Crippen LogP contribution is 2.38. The van der Waals surface area contributed by atoms with Crippen molar-refractivity contribution in [2.45, 2.75) is 19.4 Å². The third-order valence-corrected chi connectivity index (χ3v) is 2.28. The average molecular weight is 224 g/mol. The largest absolute Gasteiger partial charge is 0.496 e. The zero-order chi connectivity index (χ0) is 12.3. The quantitative estimate of drug-likeness (QED) is 0.791. The van der Waals surface area contributed by atoms with E-state index in [1.54, 1.807) is 26.0 Å². The van der Waals surface area contributed by atoms with E-state index in [9.17, 15) is 9.90 Å². The number of hydrogen-bond acceptors (Lipinski definition) is 4. The molecule has 0 saturated carbocycles. The summed E-state index contributed by atoms with van der Waals surface area (Å²) in [6.45, 7) is 3.27. The van der Waals surface area contributed by atoms with Gasteiger partial charge in [-0.2, -0.15) is 0 Å². The van der Waals surface area contributed by atoms with Gasteiger partial charge in [-0.1, -0.05) is 0 Å². The van der Waals surface area contributed by atoms with Crippen LogP contribution in [0.4, 0.5) is 0 Å². The van der Waals surface area contributed by atoms with Gasteiger partial charge in [0.2, 0.25) is 0 Å². The summed E-state index contributed by atoms with van der Waals surface area (Å²) in [5.74, 6) is 0.878. The first-order chi connectivity index (χ1) is 7.43. The van der Waals surface area contributed by atoms with Crippen LogP contribution in [0.3, 0.4) is 0 Å². The van der Waals surface area contributed by atoms with Crippen molar-refractivity contribution in [1.29, 1.82) is 0 Å². The van der Waals surface area contributed by atoms with Crippen molar-refractivity contribution in [3.05, 3.63) is 23.3 Å². The number of ether oxygens (including phenoxy) is 2. The van der Waals surface area contributed by atoms with Gasteiger partial charge in [0.1, 0.15) is 17.8 Å². The molecule has 1 N–H and O–H groups in total. The van der Waals surface area contributed by atoms with Gasteiger partial charge < -0.3 is 14.6 Å². The fourth-order valence-corrected chi connectivity index (χ4v) is 1.60. The molecule has 0 unspecified atom stereocenters. The molecule has 0 atom stereocenters. The number of carbonyl (C=O) groups excluding carboxylic acids is 1. The number of rotatable bonds is 4. The van der Waals surface area contributed by atoms with Gasteiger partial charge in [-0.25, -0.2) is 0 Å². The maximum absolute atomic E-state index is 10.7. The Morgan fingerprint density at radius 3 is 1.88 bits per heavy atom. The molecule has 1 aromatic carbocycles. The van der Waals surface area contributed by atoms with Crippen molar-refractivity contribution in [1.82, 2.24) is 0 Å². The fourth-order valence-electron chi connectivity index (χ4n) is 1.60. The Morgan fingerprint density at radius 1 is 1.19 bits per heavy atom. The van der Waals surface area contributed by atoms with Crippen molar-refractivity contribution in [3.8, 4) is 11.5 Å².